The highest BCUT2D eigenvalue weighted by atomic mass is 19.1. The SMILES string of the molecule is COc1ccc(C(CCNC(=O)c2cc(C3CC3)on2)c2ccc(F)cc2)cc1. The minimum atomic E-state index is -0.270. The van der Waals surface area contributed by atoms with Gasteiger partial charge in [0.05, 0.1) is 7.11 Å². The number of hydrogen-bond acceptors (Lipinski definition) is 4. The molecule has 1 fully saturated rings. The number of methoxy groups -OCH3 is 1. The van der Waals surface area contributed by atoms with E-state index in [0.29, 0.717) is 24.6 Å². The van der Waals surface area contributed by atoms with E-state index in [-0.39, 0.29) is 17.6 Å². The minimum Gasteiger partial charge on any atom is -0.497 e. The van der Waals surface area contributed by atoms with Gasteiger partial charge >= 0.3 is 0 Å². The molecule has 1 aliphatic carbocycles. The second-order valence-electron chi connectivity index (χ2n) is 7.31. The topological polar surface area (TPSA) is 64.4 Å². The van der Waals surface area contributed by atoms with E-state index in [1.54, 1.807) is 25.3 Å². The lowest BCUT2D eigenvalue weighted by atomic mass is 9.88. The minimum absolute atomic E-state index is 0.0149. The monoisotopic (exact) mass is 394 g/mol. The lowest BCUT2D eigenvalue weighted by Gasteiger charge is -2.19. The second-order valence-corrected chi connectivity index (χ2v) is 7.31. The number of aromatic nitrogens is 1. The fourth-order valence-corrected chi connectivity index (χ4v) is 3.43. The predicted molar refractivity (Wildman–Crippen MR) is 107 cm³/mol. The maximum atomic E-state index is 13.4. The Morgan fingerprint density at radius 2 is 1.83 bits per heavy atom. The molecule has 1 heterocycles. The van der Waals surface area contributed by atoms with Crippen molar-refractivity contribution in [3.8, 4) is 5.75 Å². The normalized spacial score (nSPS) is 14.4. The van der Waals surface area contributed by atoms with Crippen molar-refractivity contribution in [2.45, 2.75) is 31.1 Å². The average Bonchev–Trinajstić information content (AvgIpc) is 3.48. The molecule has 5 nitrogen and oxygen atoms in total. The van der Waals surface area contributed by atoms with E-state index in [1.807, 2.05) is 24.3 Å². The van der Waals surface area contributed by atoms with Crippen LogP contribution in [-0.4, -0.2) is 24.7 Å². The summed E-state index contributed by atoms with van der Waals surface area (Å²) in [5.41, 5.74) is 2.38. The summed E-state index contributed by atoms with van der Waals surface area (Å²) in [6, 6.07) is 16.0. The molecule has 0 aliphatic heterocycles. The number of carbonyl (C=O) groups is 1. The molecule has 1 N–H and O–H groups in total. The van der Waals surface area contributed by atoms with E-state index in [2.05, 4.69) is 10.5 Å². The van der Waals surface area contributed by atoms with E-state index < -0.39 is 0 Å². The predicted octanol–water partition coefficient (Wildman–Crippen LogP) is 4.65. The van der Waals surface area contributed by atoms with Gasteiger partial charge in [-0.15, -0.1) is 0 Å². The summed E-state index contributed by atoms with van der Waals surface area (Å²) >= 11 is 0. The van der Waals surface area contributed by atoms with Gasteiger partial charge in [-0.2, -0.15) is 0 Å². The van der Waals surface area contributed by atoms with Gasteiger partial charge in [0, 0.05) is 24.4 Å². The Hall–Kier alpha value is -3.15. The highest BCUT2D eigenvalue weighted by molar-refractivity contribution is 5.92. The fourth-order valence-electron chi connectivity index (χ4n) is 3.43. The Morgan fingerprint density at radius 3 is 2.45 bits per heavy atom. The highest BCUT2D eigenvalue weighted by Crippen LogP contribution is 2.40. The van der Waals surface area contributed by atoms with Gasteiger partial charge in [-0.3, -0.25) is 4.79 Å². The first kappa shape index (κ1) is 19.2. The van der Waals surface area contributed by atoms with Gasteiger partial charge in [-0.25, -0.2) is 4.39 Å². The van der Waals surface area contributed by atoms with E-state index in [1.165, 1.54) is 12.1 Å². The van der Waals surface area contributed by atoms with Gasteiger partial charge in [0.25, 0.3) is 5.91 Å². The summed E-state index contributed by atoms with van der Waals surface area (Å²) in [7, 11) is 1.63. The number of rotatable bonds is 8. The maximum Gasteiger partial charge on any atom is 0.273 e. The summed E-state index contributed by atoms with van der Waals surface area (Å²) in [6.07, 6.45) is 2.85. The van der Waals surface area contributed by atoms with Crippen molar-refractivity contribution in [3.05, 3.63) is 83.0 Å². The van der Waals surface area contributed by atoms with Crippen molar-refractivity contribution in [2.24, 2.45) is 0 Å². The zero-order chi connectivity index (χ0) is 20.2. The van der Waals surface area contributed by atoms with Crippen molar-refractivity contribution in [1.29, 1.82) is 0 Å². The van der Waals surface area contributed by atoms with Gasteiger partial charge in [0.1, 0.15) is 17.3 Å². The van der Waals surface area contributed by atoms with Crippen molar-refractivity contribution in [2.75, 3.05) is 13.7 Å². The quantitative estimate of drug-likeness (QED) is 0.604. The molecule has 29 heavy (non-hydrogen) atoms. The number of ether oxygens (including phenoxy) is 1. The van der Waals surface area contributed by atoms with Crippen LogP contribution in [-0.2, 0) is 0 Å². The standard InChI is InChI=1S/C23H23FN2O3/c1-28-19-10-6-16(7-11-19)20(15-4-8-18(24)9-5-15)12-13-25-23(27)21-14-22(29-26-21)17-2-3-17/h4-11,14,17,20H,2-3,12-13H2,1H3,(H,25,27). The van der Waals surface area contributed by atoms with Crippen LogP contribution in [0.15, 0.2) is 59.1 Å². The van der Waals surface area contributed by atoms with Gasteiger partial charge < -0.3 is 14.6 Å². The summed E-state index contributed by atoms with van der Waals surface area (Å²) in [5, 5.41) is 6.79. The van der Waals surface area contributed by atoms with E-state index in [9.17, 15) is 9.18 Å². The third-order valence-electron chi connectivity index (χ3n) is 5.25. The van der Waals surface area contributed by atoms with E-state index in [0.717, 1.165) is 35.5 Å². The number of carbonyl (C=O) groups excluding carboxylic acids is 1. The molecule has 1 unspecified atom stereocenters. The number of benzene rings is 2. The lowest BCUT2D eigenvalue weighted by Crippen LogP contribution is -2.26. The van der Waals surface area contributed by atoms with Crippen LogP contribution < -0.4 is 10.1 Å². The summed E-state index contributed by atoms with van der Waals surface area (Å²) in [5.74, 6) is 1.49. The van der Waals surface area contributed by atoms with Gasteiger partial charge in [-0.05, 0) is 54.7 Å². The average molecular weight is 394 g/mol. The van der Waals surface area contributed by atoms with Gasteiger partial charge in [0.15, 0.2) is 5.69 Å². The summed E-state index contributed by atoms with van der Waals surface area (Å²) < 4.78 is 23.9. The molecule has 1 aliphatic rings. The number of halogens is 1. The van der Waals surface area contributed by atoms with Crippen molar-refractivity contribution < 1.29 is 18.4 Å². The zero-order valence-electron chi connectivity index (χ0n) is 16.2. The molecule has 1 aromatic heterocycles. The molecular weight excluding hydrogens is 371 g/mol. The van der Waals surface area contributed by atoms with Crippen LogP contribution in [0.2, 0.25) is 0 Å². The smallest absolute Gasteiger partial charge is 0.273 e. The molecular formula is C23H23FN2O3. The second kappa shape index (κ2) is 8.47. The molecule has 3 aromatic rings. The summed E-state index contributed by atoms with van der Waals surface area (Å²) in [6.45, 7) is 0.457. The van der Waals surface area contributed by atoms with Crippen molar-refractivity contribution in [1.82, 2.24) is 10.5 Å². The first-order valence-corrected chi connectivity index (χ1v) is 9.78. The Bertz CT molecular complexity index is 963. The third-order valence-corrected chi connectivity index (χ3v) is 5.25. The molecule has 0 saturated heterocycles. The van der Waals surface area contributed by atoms with Crippen LogP contribution >= 0.6 is 0 Å². The zero-order valence-corrected chi connectivity index (χ0v) is 16.2. The Morgan fingerprint density at radius 1 is 1.17 bits per heavy atom. The Labute approximate surface area is 168 Å². The molecule has 0 spiro atoms. The Kier molecular flexibility index (Phi) is 5.60. The van der Waals surface area contributed by atoms with Crippen LogP contribution in [0.25, 0.3) is 0 Å². The molecule has 1 amide bonds. The van der Waals surface area contributed by atoms with Crippen LogP contribution in [0.4, 0.5) is 4.39 Å². The van der Waals surface area contributed by atoms with E-state index in [4.69, 9.17) is 9.26 Å². The lowest BCUT2D eigenvalue weighted by molar-refractivity contribution is 0.0943. The largest absolute Gasteiger partial charge is 0.497 e. The van der Waals surface area contributed by atoms with Gasteiger partial charge in [0.2, 0.25) is 0 Å². The number of hydrogen-bond donors (Lipinski definition) is 1. The number of nitrogens with one attached hydrogen (secondary N) is 1. The Balaban J connectivity index is 1.44. The van der Waals surface area contributed by atoms with Crippen LogP contribution in [0.1, 0.15) is 58.5 Å². The molecule has 1 saturated carbocycles. The molecule has 0 bridgehead atoms. The molecule has 2 aromatic carbocycles. The number of nitrogens with zero attached hydrogens (tertiary/aromatic N) is 1. The maximum absolute atomic E-state index is 13.4. The summed E-state index contributed by atoms with van der Waals surface area (Å²) in [4.78, 5) is 12.4. The van der Waals surface area contributed by atoms with Crippen LogP contribution in [0.3, 0.4) is 0 Å². The first-order valence-electron chi connectivity index (χ1n) is 9.78. The first-order chi connectivity index (χ1) is 14.1. The van der Waals surface area contributed by atoms with Crippen LogP contribution in [0.5, 0.6) is 5.75 Å². The number of amides is 1. The van der Waals surface area contributed by atoms with Crippen molar-refractivity contribution >= 4 is 5.91 Å². The van der Waals surface area contributed by atoms with Gasteiger partial charge in [-0.1, -0.05) is 29.4 Å². The highest BCUT2D eigenvalue weighted by Gasteiger charge is 2.28. The molecule has 150 valence electrons. The molecule has 6 heteroatoms. The van der Waals surface area contributed by atoms with Crippen LogP contribution in [0, 0.1) is 5.82 Å². The third kappa shape index (κ3) is 4.65. The fraction of sp³-hybridized carbons (Fsp3) is 0.304. The van der Waals surface area contributed by atoms with E-state index >= 15 is 0 Å². The van der Waals surface area contributed by atoms with Crippen molar-refractivity contribution in [3.63, 3.8) is 0 Å². The molecule has 1 atom stereocenters. The molecule has 4 rings (SSSR count). The molecule has 0 radical (unpaired) electrons.